The molecule has 1 aromatic heterocycles. The predicted molar refractivity (Wildman–Crippen MR) is 94.1 cm³/mol. The van der Waals surface area contributed by atoms with Gasteiger partial charge in [-0.3, -0.25) is 0 Å². The lowest BCUT2D eigenvalue weighted by Gasteiger charge is -2.24. The van der Waals surface area contributed by atoms with Gasteiger partial charge in [-0.1, -0.05) is 6.07 Å². The minimum Gasteiger partial charge on any atom is -0.454 e. The van der Waals surface area contributed by atoms with E-state index in [1.165, 1.54) is 0 Å². The molecule has 0 radical (unpaired) electrons. The molecule has 0 saturated carbocycles. The van der Waals surface area contributed by atoms with Crippen LogP contribution in [0.25, 0.3) is 0 Å². The van der Waals surface area contributed by atoms with Crippen molar-refractivity contribution in [3.63, 3.8) is 0 Å². The molecule has 3 heterocycles. The zero-order valence-electron chi connectivity index (χ0n) is 14.2. The molecule has 1 aromatic carbocycles. The molecule has 0 aliphatic carbocycles. The van der Waals surface area contributed by atoms with Crippen molar-refractivity contribution in [1.82, 2.24) is 9.97 Å². The Morgan fingerprint density at radius 2 is 2.16 bits per heavy atom. The Morgan fingerprint density at radius 3 is 3.04 bits per heavy atom. The number of aliphatic hydroxyl groups excluding tert-OH is 1. The van der Waals surface area contributed by atoms with Crippen molar-refractivity contribution in [2.45, 2.75) is 31.8 Å². The average molecular weight is 342 g/mol. The SMILES string of the molecule is C[C@H](Nc1cc(N2CCC[C@H]2CO)ncn1)c1ccc2c(c1)OCO2. The number of benzene rings is 1. The third kappa shape index (κ3) is 3.19. The second-order valence-corrected chi connectivity index (χ2v) is 6.41. The van der Waals surface area contributed by atoms with E-state index in [0.29, 0.717) is 0 Å². The van der Waals surface area contributed by atoms with E-state index in [4.69, 9.17) is 9.47 Å². The molecule has 4 rings (SSSR count). The smallest absolute Gasteiger partial charge is 0.231 e. The Hall–Kier alpha value is -2.54. The molecule has 132 valence electrons. The fourth-order valence-corrected chi connectivity index (χ4v) is 3.40. The fraction of sp³-hybridized carbons (Fsp3) is 0.444. The molecule has 2 atom stereocenters. The van der Waals surface area contributed by atoms with E-state index in [1.54, 1.807) is 6.33 Å². The van der Waals surface area contributed by atoms with Crippen LogP contribution < -0.4 is 19.7 Å². The van der Waals surface area contributed by atoms with Crippen LogP contribution in [0, 0.1) is 0 Å². The molecular formula is C18H22N4O3. The van der Waals surface area contributed by atoms with Crippen LogP contribution in [0.15, 0.2) is 30.6 Å². The molecule has 0 bridgehead atoms. The molecule has 0 amide bonds. The summed E-state index contributed by atoms with van der Waals surface area (Å²) in [5, 5.41) is 12.9. The Balaban J connectivity index is 1.50. The van der Waals surface area contributed by atoms with Gasteiger partial charge in [-0.05, 0) is 37.5 Å². The fourth-order valence-electron chi connectivity index (χ4n) is 3.40. The molecule has 2 aliphatic rings. The van der Waals surface area contributed by atoms with Gasteiger partial charge in [-0.15, -0.1) is 0 Å². The Labute approximate surface area is 146 Å². The van der Waals surface area contributed by atoms with E-state index >= 15 is 0 Å². The van der Waals surface area contributed by atoms with E-state index in [1.807, 2.05) is 24.3 Å². The van der Waals surface area contributed by atoms with E-state index in [0.717, 1.165) is 48.1 Å². The van der Waals surface area contributed by atoms with Crippen molar-refractivity contribution in [1.29, 1.82) is 0 Å². The predicted octanol–water partition coefficient (Wildman–Crippen LogP) is 2.34. The number of aliphatic hydroxyl groups is 1. The highest BCUT2D eigenvalue weighted by molar-refractivity contribution is 5.52. The highest BCUT2D eigenvalue weighted by Crippen LogP contribution is 2.35. The number of rotatable bonds is 5. The minimum atomic E-state index is 0.0597. The van der Waals surface area contributed by atoms with Crippen LogP contribution in [0.2, 0.25) is 0 Å². The summed E-state index contributed by atoms with van der Waals surface area (Å²) in [5.74, 6) is 3.17. The van der Waals surface area contributed by atoms with Gasteiger partial charge in [0.2, 0.25) is 6.79 Å². The van der Waals surface area contributed by atoms with E-state index in [-0.39, 0.29) is 25.5 Å². The van der Waals surface area contributed by atoms with Gasteiger partial charge in [0.15, 0.2) is 11.5 Å². The number of hydrogen-bond donors (Lipinski definition) is 2. The second kappa shape index (κ2) is 6.76. The first kappa shape index (κ1) is 16.0. The number of nitrogens with one attached hydrogen (secondary N) is 1. The lowest BCUT2D eigenvalue weighted by atomic mass is 10.1. The van der Waals surface area contributed by atoms with Crippen molar-refractivity contribution in [2.24, 2.45) is 0 Å². The molecule has 2 aliphatic heterocycles. The molecule has 7 nitrogen and oxygen atoms in total. The molecule has 1 saturated heterocycles. The van der Waals surface area contributed by atoms with Gasteiger partial charge in [0.25, 0.3) is 0 Å². The van der Waals surface area contributed by atoms with Gasteiger partial charge in [-0.25, -0.2) is 9.97 Å². The van der Waals surface area contributed by atoms with Crippen molar-refractivity contribution in [3.05, 3.63) is 36.2 Å². The monoisotopic (exact) mass is 342 g/mol. The summed E-state index contributed by atoms with van der Waals surface area (Å²) >= 11 is 0. The summed E-state index contributed by atoms with van der Waals surface area (Å²) in [6.07, 6.45) is 3.64. The first-order chi connectivity index (χ1) is 12.2. The molecule has 7 heteroatoms. The second-order valence-electron chi connectivity index (χ2n) is 6.41. The minimum absolute atomic E-state index is 0.0597. The van der Waals surface area contributed by atoms with Crippen molar-refractivity contribution >= 4 is 11.6 Å². The standard InChI is InChI=1S/C18H22N4O3/c1-12(13-4-5-15-16(7-13)25-11-24-15)21-17-8-18(20-10-19-17)22-6-2-3-14(22)9-23/h4-5,7-8,10,12,14,23H,2-3,6,9,11H2,1H3,(H,19,20,21)/t12-,14-/m0/s1. The van der Waals surface area contributed by atoms with Crippen LogP contribution >= 0.6 is 0 Å². The van der Waals surface area contributed by atoms with Gasteiger partial charge in [0.1, 0.15) is 18.0 Å². The molecule has 0 unspecified atom stereocenters. The zero-order valence-corrected chi connectivity index (χ0v) is 14.2. The van der Waals surface area contributed by atoms with Gasteiger partial charge in [0.05, 0.1) is 18.7 Å². The number of aromatic nitrogens is 2. The molecule has 25 heavy (non-hydrogen) atoms. The topological polar surface area (TPSA) is 79.7 Å². The number of fused-ring (bicyclic) bond motifs is 1. The van der Waals surface area contributed by atoms with Gasteiger partial charge < -0.3 is 24.8 Å². The highest BCUT2D eigenvalue weighted by Gasteiger charge is 2.25. The summed E-state index contributed by atoms with van der Waals surface area (Å²) in [5.41, 5.74) is 1.10. The van der Waals surface area contributed by atoms with E-state index in [9.17, 15) is 5.11 Å². The van der Waals surface area contributed by atoms with E-state index < -0.39 is 0 Å². The Morgan fingerprint density at radius 1 is 1.28 bits per heavy atom. The zero-order chi connectivity index (χ0) is 17.2. The third-order valence-electron chi connectivity index (χ3n) is 4.80. The van der Waals surface area contributed by atoms with Crippen molar-refractivity contribution in [3.8, 4) is 11.5 Å². The largest absolute Gasteiger partial charge is 0.454 e. The van der Waals surface area contributed by atoms with Crippen LogP contribution in [-0.2, 0) is 0 Å². The van der Waals surface area contributed by atoms with Crippen LogP contribution in [0.4, 0.5) is 11.6 Å². The van der Waals surface area contributed by atoms with Gasteiger partial charge >= 0.3 is 0 Å². The summed E-state index contributed by atoms with van der Waals surface area (Å²) in [4.78, 5) is 10.9. The van der Waals surface area contributed by atoms with Crippen LogP contribution in [-0.4, -0.2) is 41.1 Å². The number of hydrogen-bond acceptors (Lipinski definition) is 7. The first-order valence-electron chi connectivity index (χ1n) is 8.60. The number of ether oxygens (including phenoxy) is 2. The Bertz CT molecular complexity index is 755. The maximum Gasteiger partial charge on any atom is 0.231 e. The highest BCUT2D eigenvalue weighted by atomic mass is 16.7. The maximum atomic E-state index is 9.52. The van der Waals surface area contributed by atoms with E-state index in [2.05, 4.69) is 27.1 Å². The summed E-state index contributed by atoms with van der Waals surface area (Å²) in [6.45, 7) is 3.42. The molecule has 0 spiro atoms. The first-order valence-corrected chi connectivity index (χ1v) is 8.60. The van der Waals surface area contributed by atoms with Crippen LogP contribution in [0.1, 0.15) is 31.4 Å². The average Bonchev–Trinajstić information content (AvgIpc) is 3.30. The molecule has 2 aromatic rings. The van der Waals surface area contributed by atoms with Crippen molar-refractivity contribution < 1.29 is 14.6 Å². The van der Waals surface area contributed by atoms with Gasteiger partial charge in [0, 0.05) is 12.6 Å². The van der Waals surface area contributed by atoms with Crippen LogP contribution in [0.5, 0.6) is 11.5 Å². The number of anilines is 2. The normalized spacial score (nSPS) is 19.9. The third-order valence-corrected chi connectivity index (χ3v) is 4.80. The molecule has 2 N–H and O–H groups in total. The maximum absolute atomic E-state index is 9.52. The summed E-state index contributed by atoms with van der Waals surface area (Å²) < 4.78 is 10.8. The number of nitrogens with zero attached hydrogens (tertiary/aromatic N) is 3. The van der Waals surface area contributed by atoms with Crippen LogP contribution in [0.3, 0.4) is 0 Å². The molecule has 1 fully saturated rings. The lowest BCUT2D eigenvalue weighted by molar-refractivity contribution is 0.174. The summed E-state index contributed by atoms with van der Waals surface area (Å²) in [7, 11) is 0. The Kier molecular flexibility index (Phi) is 4.31. The molecular weight excluding hydrogens is 320 g/mol. The quantitative estimate of drug-likeness (QED) is 0.863. The summed E-state index contributed by atoms with van der Waals surface area (Å²) in [6, 6.07) is 8.09. The van der Waals surface area contributed by atoms with Gasteiger partial charge in [-0.2, -0.15) is 0 Å². The lowest BCUT2D eigenvalue weighted by Crippen LogP contribution is -2.32. The van der Waals surface area contributed by atoms with Crippen molar-refractivity contribution in [2.75, 3.05) is 30.2 Å².